The topological polar surface area (TPSA) is 137 Å². The predicted octanol–water partition coefficient (Wildman–Crippen LogP) is 2.77. The van der Waals surface area contributed by atoms with Gasteiger partial charge in [0, 0.05) is 5.56 Å². The van der Waals surface area contributed by atoms with Crippen molar-refractivity contribution >= 4 is 17.7 Å². The fraction of sp³-hybridized carbons (Fsp3) is 0.300. The van der Waals surface area contributed by atoms with Crippen LogP contribution in [0.2, 0.25) is 0 Å². The molecule has 0 radical (unpaired) electrons. The van der Waals surface area contributed by atoms with Crippen LogP contribution in [0.1, 0.15) is 53.0 Å². The van der Waals surface area contributed by atoms with Gasteiger partial charge >= 0.3 is 5.97 Å². The molecular weight excluding hydrogens is 404 g/mol. The molecule has 1 aromatic carbocycles. The molecule has 1 aliphatic rings. The Hall–Kier alpha value is -3.45. The molecule has 152 valence electrons. The van der Waals surface area contributed by atoms with Crippen LogP contribution >= 0.6 is 11.8 Å². The van der Waals surface area contributed by atoms with Crippen LogP contribution in [0.25, 0.3) is 11.1 Å². The number of hydrogen-bond donors (Lipinski definition) is 2. The number of carbonyl (C=O) groups excluding carboxylic acids is 1. The lowest BCUT2D eigenvalue weighted by atomic mass is 9.94. The number of nitrogens with one attached hydrogen (secondary N) is 2. The van der Waals surface area contributed by atoms with Crippen molar-refractivity contribution in [2.24, 2.45) is 0 Å². The van der Waals surface area contributed by atoms with Crippen LogP contribution in [-0.4, -0.2) is 38.2 Å². The molecule has 2 aromatic heterocycles. The van der Waals surface area contributed by atoms with Gasteiger partial charge in [-0.2, -0.15) is 10.5 Å². The maximum atomic E-state index is 12.9. The molecule has 1 aliphatic carbocycles. The van der Waals surface area contributed by atoms with Gasteiger partial charge in [-0.25, -0.2) is 4.79 Å². The van der Waals surface area contributed by atoms with Gasteiger partial charge in [0.25, 0.3) is 5.56 Å². The highest BCUT2D eigenvalue weighted by molar-refractivity contribution is 7.98. The first-order valence-corrected chi connectivity index (χ1v) is 10.4. The molecule has 0 unspecified atom stereocenters. The molecule has 0 bridgehead atoms. The second-order valence-corrected chi connectivity index (χ2v) is 7.74. The van der Waals surface area contributed by atoms with E-state index >= 15 is 0 Å². The first kappa shape index (κ1) is 19.8. The summed E-state index contributed by atoms with van der Waals surface area (Å²) in [7, 11) is 0. The van der Waals surface area contributed by atoms with Crippen molar-refractivity contribution in [3.05, 3.63) is 57.1 Å². The highest BCUT2D eigenvalue weighted by Gasteiger charge is 2.28. The van der Waals surface area contributed by atoms with E-state index in [4.69, 9.17) is 4.74 Å². The third-order valence-electron chi connectivity index (χ3n) is 4.73. The highest BCUT2D eigenvalue weighted by atomic mass is 32.2. The number of thioether (sulfide) groups is 1. The van der Waals surface area contributed by atoms with Crippen LogP contribution in [0.5, 0.6) is 0 Å². The number of aromatic amines is 2. The molecule has 0 spiro atoms. The van der Waals surface area contributed by atoms with E-state index in [1.54, 1.807) is 13.0 Å². The van der Waals surface area contributed by atoms with E-state index in [-0.39, 0.29) is 23.3 Å². The third kappa shape index (κ3) is 3.97. The van der Waals surface area contributed by atoms with Crippen LogP contribution in [0.4, 0.5) is 0 Å². The second-order valence-electron chi connectivity index (χ2n) is 6.76. The number of ether oxygens (including phenoxy) is 1. The number of nitrogens with zero attached hydrogens (tertiary/aromatic N) is 4. The van der Waals surface area contributed by atoms with Gasteiger partial charge in [-0.15, -0.1) is 10.2 Å². The number of rotatable bonds is 7. The average molecular weight is 422 g/mol. The number of tetrazole rings is 1. The Balaban J connectivity index is 1.87. The first-order valence-electron chi connectivity index (χ1n) is 9.45. The lowest BCUT2D eigenvalue weighted by Crippen LogP contribution is -2.23. The minimum atomic E-state index is -0.753. The number of aromatic nitrogens is 5. The Morgan fingerprint density at radius 2 is 2.23 bits per heavy atom. The largest absolute Gasteiger partial charge is 0.462 e. The quantitative estimate of drug-likeness (QED) is 0.438. The predicted molar refractivity (Wildman–Crippen MR) is 109 cm³/mol. The third-order valence-corrected chi connectivity index (χ3v) is 5.73. The monoisotopic (exact) mass is 422 g/mol. The van der Waals surface area contributed by atoms with Gasteiger partial charge in [0.1, 0.15) is 11.6 Å². The molecule has 2 heterocycles. The smallest absolute Gasteiger partial charge is 0.344 e. The van der Waals surface area contributed by atoms with E-state index < -0.39 is 11.5 Å². The molecule has 3 aromatic rings. The molecule has 0 amide bonds. The maximum Gasteiger partial charge on any atom is 0.344 e. The summed E-state index contributed by atoms with van der Waals surface area (Å²) in [6.07, 6.45) is 2.22. The van der Waals surface area contributed by atoms with Crippen molar-refractivity contribution in [1.82, 2.24) is 25.6 Å². The Morgan fingerprint density at radius 3 is 2.90 bits per heavy atom. The minimum absolute atomic E-state index is 0.121. The zero-order chi connectivity index (χ0) is 21.1. The number of benzene rings is 1. The van der Waals surface area contributed by atoms with Gasteiger partial charge in [0.2, 0.25) is 0 Å². The zero-order valence-electron chi connectivity index (χ0n) is 16.1. The fourth-order valence-electron chi connectivity index (χ4n) is 3.23. The summed E-state index contributed by atoms with van der Waals surface area (Å²) in [4.78, 5) is 28.2. The molecule has 4 rings (SSSR count). The van der Waals surface area contributed by atoms with Gasteiger partial charge in [0.15, 0.2) is 5.82 Å². The molecule has 0 aliphatic heterocycles. The van der Waals surface area contributed by atoms with E-state index in [0.717, 1.165) is 18.4 Å². The van der Waals surface area contributed by atoms with Crippen molar-refractivity contribution in [2.75, 3.05) is 6.61 Å². The second kappa shape index (κ2) is 8.51. The van der Waals surface area contributed by atoms with Gasteiger partial charge in [-0.05, 0) is 36.8 Å². The molecule has 1 saturated carbocycles. The van der Waals surface area contributed by atoms with E-state index in [9.17, 15) is 14.9 Å². The summed E-state index contributed by atoms with van der Waals surface area (Å²) in [6.45, 7) is 1.79. The molecule has 1 fully saturated rings. The summed E-state index contributed by atoms with van der Waals surface area (Å²) in [5, 5.41) is 23.9. The van der Waals surface area contributed by atoms with Crippen molar-refractivity contribution in [1.29, 1.82) is 5.26 Å². The van der Waals surface area contributed by atoms with Gasteiger partial charge in [-0.3, -0.25) is 4.79 Å². The van der Waals surface area contributed by atoms with Crippen LogP contribution in [0.15, 0.2) is 34.1 Å². The molecule has 10 heteroatoms. The highest BCUT2D eigenvalue weighted by Crippen LogP contribution is 2.42. The standard InChI is InChI=1S/C20H18N6O3S/c1-2-29-20(28)17-16(13-5-3-4-12(8-13)11-6-7-11)14(9-21)19(22-18(17)27)30-10-15-23-25-26-24-15/h3-5,8,11H,2,6-7,10H2,1H3,(H,22,27)(H,23,24,25,26). The minimum Gasteiger partial charge on any atom is -0.462 e. The van der Waals surface area contributed by atoms with Gasteiger partial charge < -0.3 is 9.72 Å². The normalized spacial score (nSPS) is 13.1. The SMILES string of the molecule is CCOC(=O)c1c(-c2cccc(C3CC3)c2)c(C#N)c(SCc2nn[nH]n2)[nH]c1=O. The van der Waals surface area contributed by atoms with E-state index in [1.165, 1.54) is 11.8 Å². The Kier molecular flexibility index (Phi) is 5.63. The summed E-state index contributed by atoms with van der Waals surface area (Å²) in [6, 6.07) is 9.82. The zero-order valence-corrected chi connectivity index (χ0v) is 17.0. The first-order chi connectivity index (χ1) is 14.6. The lowest BCUT2D eigenvalue weighted by Gasteiger charge is -2.14. The Bertz CT molecular complexity index is 1180. The number of nitriles is 1. The van der Waals surface area contributed by atoms with E-state index in [0.29, 0.717) is 28.1 Å². The number of H-pyrrole nitrogens is 2. The van der Waals surface area contributed by atoms with E-state index in [1.807, 2.05) is 18.2 Å². The summed E-state index contributed by atoms with van der Waals surface area (Å²) in [5.74, 6) is 0.449. The van der Waals surface area contributed by atoms with Crippen LogP contribution in [0, 0.1) is 11.3 Å². The Morgan fingerprint density at radius 1 is 1.40 bits per heavy atom. The summed E-state index contributed by atoms with van der Waals surface area (Å²) < 4.78 is 5.11. The average Bonchev–Trinajstić information content (AvgIpc) is 3.47. The number of carbonyl (C=O) groups is 1. The molecule has 30 heavy (non-hydrogen) atoms. The molecule has 9 nitrogen and oxygen atoms in total. The summed E-state index contributed by atoms with van der Waals surface area (Å²) in [5.41, 5.74) is 1.51. The van der Waals surface area contributed by atoms with Gasteiger partial charge in [-0.1, -0.05) is 41.2 Å². The van der Waals surface area contributed by atoms with Crippen molar-refractivity contribution in [2.45, 2.75) is 36.5 Å². The number of pyridine rings is 1. The maximum absolute atomic E-state index is 12.9. The molecule has 0 atom stereocenters. The van der Waals surface area contributed by atoms with Crippen molar-refractivity contribution in [3.8, 4) is 17.2 Å². The summed E-state index contributed by atoms with van der Waals surface area (Å²) >= 11 is 1.19. The van der Waals surface area contributed by atoms with Crippen LogP contribution < -0.4 is 5.56 Å². The van der Waals surface area contributed by atoms with Crippen molar-refractivity contribution in [3.63, 3.8) is 0 Å². The number of hydrogen-bond acceptors (Lipinski definition) is 8. The van der Waals surface area contributed by atoms with Crippen molar-refractivity contribution < 1.29 is 9.53 Å². The molecule has 0 saturated heterocycles. The Labute approximate surface area is 175 Å². The molecule has 2 N–H and O–H groups in total. The van der Waals surface area contributed by atoms with E-state index in [2.05, 4.69) is 31.7 Å². The van der Waals surface area contributed by atoms with Gasteiger partial charge in [0.05, 0.1) is 22.9 Å². The molecular formula is C20H18N6O3S. The van der Waals surface area contributed by atoms with Crippen LogP contribution in [0.3, 0.4) is 0 Å². The number of esters is 1. The lowest BCUT2D eigenvalue weighted by molar-refractivity contribution is 0.0525. The van der Waals surface area contributed by atoms with Crippen LogP contribution in [-0.2, 0) is 10.5 Å². The fourth-order valence-corrected chi connectivity index (χ4v) is 4.08.